The lowest BCUT2D eigenvalue weighted by Gasteiger charge is -2.14. The molecule has 1 saturated carbocycles. The Morgan fingerprint density at radius 1 is 1.33 bits per heavy atom. The van der Waals surface area contributed by atoms with E-state index >= 15 is 0 Å². The largest absolute Gasteiger partial charge is 0.339 e. The zero-order chi connectivity index (χ0) is 14.6. The first kappa shape index (κ1) is 12.2. The van der Waals surface area contributed by atoms with Crippen molar-refractivity contribution in [3.63, 3.8) is 0 Å². The minimum atomic E-state index is -0.770. The molecule has 1 aromatic heterocycles. The number of Topliss-reactive ketones (excluding diaryl/α,β-unsaturated/α-hetero) is 1. The number of carbonyl (C=O) groups excluding carboxylic acids is 2. The second-order valence-electron chi connectivity index (χ2n) is 5.18. The first-order valence-corrected chi connectivity index (χ1v) is 6.62. The van der Waals surface area contributed by atoms with Gasteiger partial charge in [-0.15, -0.1) is 0 Å². The zero-order valence-electron chi connectivity index (χ0n) is 10.9. The number of benzene rings is 1. The molecule has 1 aliphatic carbocycles. The molecule has 7 heteroatoms. The van der Waals surface area contributed by atoms with Crippen molar-refractivity contribution in [2.75, 3.05) is 4.90 Å². The summed E-state index contributed by atoms with van der Waals surface area (Å²) in [6.45, 7) is -0.0747. The highest BCUT2D eigenvalue weighted by atomic mass is 19.1. The van der Waals surface area contributed by atoms with Crippen molar-refractivity contribution < 1.29 is 18.5 Å². The maximum absolute atomic E-state index is 13.9. The zero-order valence-corrected chi connectivity index (χ0v) is 10.9. The Morgan fingerprint density at radius 3 is 2.90 bits per heavy atom. The van der Waals surface area contributed by atoms with Crippen molar-refractivity contribution in [3.8, 4) is 0 Å². The molecule has 0 radical (unpaired) electrons. The summed E-state index contributed by atoms with van der Waals surface area (Å²) in [7, 11) is 0. The number of hydrogen-bond acceptors (Lipinski definition) is 5. The molecule has 0 spiro atoms. The highest BCUT2D eigenvalue weighted by Crippen LogP contribution is 2.39. The lowest BCUT2D eigenvalue weighted by molar-refractivity contribution is -0.114. The van der Waals surface area contributed by atoms with Gasteiger partial charge in [0.25, 0.3) is 11.7 Å². The number of nitrogens with zero attached hydrogens (tertiary/aromatic N) is 3. The van der Waals surface area contributed by atoms with Crippen LogP contribution in [0.25, 0.3) is 0 Å². The Kier molecular flexibility index (Phi) is 2.44. The number of ketones is 1. The Hall–Kier alpha value is -2.57. The summed E-state index contributed by atoms with van der Waals surface area (Å²) in [6, 6.07) is 4.05. The van der Waals surface area contributed by atoms with Crippen LogP contribution in [-0.4, -0.2) is 21.8 Å². The Labute approximate surface area is 118 Å². The molecule has 106 valence electrons. The predicted molar refractivity (Wildman–Crippen MR) is 68.2 cm³/mol. The molecule has 0 bridgehead atoms. The van der Waals surface area contributed by atoms with Crippen LogP contribution in [0.5, 0.6) is 0 Å². The third-order valence-corrected chi connectivity index (χ3v) is 3.65. The van der Waals surface area contributed by atoms with Crippen LogP contribution in [0.1, 0.15) is 40.8 Å². The maximum atomic E-state index is 13.9. The third kappa shape index (κ3) is 1.84. The van der Waals surface area contributed by atoms with E-state index in [1.54, 1.807) is 0 Å². The van der Waals surface area contributed by atoms with Crippen molar-refractivity contribution in [3.05, 3.63) is 41.3 Å². The van der Waals surface area contributed by atoms with Crippen molar-refractivity contribution in [1.82, 2.24) is 10.1 Å². The van der Waals surface area contributed by atoms with E-state index in [9.17, 15) is 14.0 Å². The van der Waals surface area contributed by atoms with Gasteiger partial charge in [0.05, 0.1) is 17.8 Å². The van der Waals surface area contributed by atoms with Crippen LogP contribution in [0, 0.1) is 5.82 Å². The molecule has 0 saturated heterocycles. The van der Waals surface area contributed by atoms with Gasteiger partial charge >= 0.3 is 0 Å². The topological polar surface area (TPSA) is 76.3 Å². The van der Waals surface area contributed by atoms with Gasteiger partial charge in [-0.2, -0.15) is 4.98 Å². The molecule has 1 aromatic carbocycles. The highest BCUT2D eigenvalue weighted by molar-refractivity contribution is 6.52. The van der Waals surface area contributed by atoms with Crippen LogP contribution in [0.4, 0.5) is 10.1 Å². The summed E-state index contributed by atoms with van der Waals surface area (Å²) in [4.78, 5) is 29.1. The second kappa shape index (κ2) is 4.21. The van der Waals surface area contributed by atoms with E-state index in [4.69, 9.17) is 4.52 Å². The third-order valence-electron chi connectivity index (χ3n) is 3.65. The molecule has 0 atom stereocenters. The van der Waals surface area contributed by atoms with Gasteiger partial charge in [-0.3, -0.25) is 14.5 Å². The van der Waals surface area contributed by atoms with Gasteiger partial charge < -0.3 is 4.52 Å². The second-order valence-corrected chi connectivity index (χ2v) is 5.18. The predicted octanol–water partition coefficient (Wildman–Crippen LogP) is 1.82. The van der Waals surface area contributed by atoms with Gasteiger partial charge in [-0.25, -0.2) is 4.39 Å². The quantitative estimate of drug-likeness (QED) is 0.805. The minimum absolute atomic E-state index is 0.00901. The van der Waals surface area contributed by atoms with Crippen molar-refractivity contribution in [1.29, 1.82) is 0 Å². The van der Waals surface area contributed by atoms with E-state index in [2.05, 4.69) is 10.1 Å². The fourth-order valence-electron chi connectivity index (χ4n) is 2.43. The van der Waals surface area contributed by atoms with E-state index in [1.165, 1.54) is 18.2 Å². The molecule has 1 fully saturated rings. The number of aromatic nitrogens is 2. The smallest absolute Gasteiger partial charge is 0.299 e. The summed E-state index contributed by atoms with van der Waals surface area (Å²) >= 11 is 0. The first-order valence-electron chi connectivity index (χ1n) is 6.62. The maximum Gasteiger partial charge on any atom is 0.299 e. The van der Waals surface area contributed by atoms with Crippen LogP contribution >= 0.6 is 0 Å². The first-order chi connectivity index (χ1) is 10.1. The van der Waals surface area contributed by atoms with Gasteiger partial charge in [0.1, 0.15) is 5.82 Å². The molecule has 2 aliphatic rings. The Balaban J connectivity index is 1.68. The number of fused-ring (bicyclic) bond motifs is 1. The van der Waals surface area contributed by atoms with Crippen molar-refractivity contribution >= 4 is 17.4 Å². The normalized spacial score (nSPS) is 17.5. The number of amides is 1. The summed E-state index contributed by atoms with van der Waals surface area (Å²) in [5.41, 5.74) is 0.0659. The molecule has 1 aliphatic heterocycles. The molecule has 2 aromatic rings. The molecule has 2 heterocycles. The van der Waals surface area contributed by atoms with E-state index in [0.717, 1.165) is 17.7 Å². The number of hydrogen-bond donors (Lipinski definition) is 0. The molecular formula is C14H10FN3O3. The van der Waals surface area contributed by atoms with Crippen molar-refractivity contribution in [2.24, 2.45) is 0 Å². The molecule has 21 heavy (non-hydrogen) atoms. The van der Waals surface area contributed by atoms with Gasteiger partial charge in [-0.05, 0) is 25.0 Å². The van der Waals surface area contributed by atoms with Crippen LogP contribution in [0.2, 0.25) is 0 Å². The standard InChI is InChI=1S/C14H10FN3O3/c15-9-3-1-2-8-11(9)18(14(20)12(8)19)6-10-16-13(21-17-10)7-4-5-7/h1-3,7H,4-6H2. The van der Waals surface area contributed by atoms with E-state index in [1.807, 2.05) is 0 Å². The fraction of sp³-hybridized carbons (Fsp3) is 0.286. The summed E-state index contributed by atoms with van der Waals surface area (Å²) in [5, 5.41) is 3.79. The van der Waals surface area contributed by atoms with Gasteiger partial charge in [0.2, 0.25) is 5.89 Å². The van der Waals surface area contributed by atoms with E-state index < -0.39 is 17.5 Å². The lowest BCUT2D eigenvalue weighted by Crippen LogP contribution is -2.30. The number of anilines is 1. The molecule has 0 N–H and O–H groups in total. The molecular weight excluding hydrogens is 277 g/mol. The summed E-state index contributed by atoms with van der Waals surface area (Å²) in [6.07, 6.45) is 2.03. The molecule has 0 unspecified atom stereocenters. The van der Waals surface area contributed by atoms with Gasteiger partial charge in [0, 0.05) is 5.92 Å². The monoisotopic (exact) mass is 287 g/mol. The highest BCUT2D eigenvalue weighted by Gasteiger charge is 2.39. The van der Waals surface area contributed by atoms with Crippen molar-refractivity contribution in [2.45, 2.75) is 25.3 Å². The SMILES string of the molecule is O=C1C(=O)N(Cc2noc(C3CC3)n2)c2c(F)cccc21. The minimum Gasteiger partial charge on any atom is -0.339 e. The number of carbonyl (C=O) groups is 2. The molecule has 4 rings (SSSR count). The Morgan fingerprint density at radius 2 is 2.14 bits per heavy atom. The van der Waals surface area contributed by atoms with Crippen LogP contribution in [0.15, 0.2) is 22.7 Å². The Bertz CT molecular complexity index is 767. The van der Waals surface area contributed by atoms with Crippen LogP contribution in [0.3, 0.4) is 0 Å². The summed E-state index contributed by atoms with van der Waals surface area (Å²) in [5.74, 6) is -0.988. The lowest BCUT2D eigenvalue weighted by atomic mass is 10.1. The summed E-state index contributed by atoms with van der Waals surface area (Å²) < 4.78 is 19.0. The number of rotatable bonds is 3. The van der Waals surface area contributed by atoms with Gasteiger partial charge in [-0.1, -0.05) is 11.2 Å². The van der Waals surface area contributed by atoms with E-state index in [-0.39, 0.29) is 23.6 Å². The van der Waals surface area contributed by atoms with Crippen LogP contribution < -0.4 is 4.90 Å². The fourth-order valence-corrected chi connectivity index (χ4v) is 2.43. The molecule has 1 amide bonds. The average Bonchev–Trinajstić information content (AvgIpc) is 3.18. The number of halogens is 1. The van der Waals surface area contributed by atoms with Crippen LogP contribution in [-0.2, 0) is 11.3 Å². The van der Waals surface area contributed by atoms with E-state index in [0.29, 0.717) is 11.8 Å². The number of para-hydroxylation sites is 1. The average molecular weight is 287 g/mol. The molecule has 6 nitrogen and oxygen atoms in total. The van der Waals surface area contributed by atoms with Gasteiger partial charge in [0.15, 0.2) is 5.82 Å².